The van der Waals surface area contributed by atoms with Crippen LogP contribution in [0.15, 0.2) is 66.7 Å². The van der Waals surface area contributed by atoms with E-state index in [1.165, 1.54) is 12.1 Å². The van der Waals surface area contributed by atoms with Crippen molar-refractivity contribution in [3.05, 3.63) is 83.7 Å². The molecular weight excluding hydrogens is 503 g/mol. The van der Waals surface area contributed by atoms with Crippen LogP contribution < -0.4 is 14.2 Å². The van der Waals surface area contributed by atoms with Gasteiger partial charge in [0.15, 0.2) is 19.9 Å². The highest BCUT2D eigenvalue weighted by Crippen LogP contribution is 2.36. The maximum atomic E-state index is 14.6. The Morgan fingerprint density at radius 2 is 1.58 bits per heavy atom. The van der Waals surface area contributed by atoms with Crippen molar-refractivity contribution in [2.45, 2.75) is 58.4 Å². The van der Waals surface area contributed by atoms with Gasteiger partial charge in [-0.2, -0.15) is 0 Å². The number of carboxylic acids is 1. The zero-order valence-corrected chi connectivity index (χ0v) is 23.8. The molecule has 8 heteroatoms. The van der Waals surface area contributed by atoms with E-state index in [4.69, 9.17) is 23.7 Å². The van der Waals surface area contributed by atoms with E-state index >= 15 is 0 Å². The SMILES string of the molecule is CC(C)(C)[Si](C)(C)OCCOc1cc(COc2ccc(CCC(=O)O)cc2F)cc(Oc2ccccc2)c1. The van der Waals surface area contributed by atoms with Crippen molar-refractivity contribution in [2.24, 2.45) is 0 Å². The lowest BCUT2D eigenvalue weighted by molar-refractivity contribution is -0.136. The molecule has 3 aromatic carbocycles. The molecule has 0 saturated carbocycles. The lowest BCUT2D eigenvalue weighted by Crippen LogP contribution is -2.41. The topological polar surface area (TPSA) is 74.2 Å². The van der Waals surface area contributed by atoms with Crippen LogP contribution in [0.2, 0.25) is 18.1 Å². The van der Waals surface area contributed by atoms with Crippen LogP contribution in [-0.4, -0.2) is 32.6 Å². The molecule has 0 spiro atoms. The molecule has 1 N–H and O–H groups in total. The zero-order chi connectivity index (χ0) is 27.8. The minimum atomic E-state index is -1.88. The van der Waals surface area contributed by atoms with Gasteiger partial charge in [0.05, 0.1) is 6.61 Å². The molecule has 204 valence electrons. The van der Waals surface area contributed by atoms with Crippen molar-refractivity contribution < 1.29 is 32.9 Å². The van der Waals surface area contributed by atoms with Crippen LogP contribution in [0.25, 0.3) is 0 Å². The van der Waals surface area contributed by atoms with E-state index in [9.17, 15) is 9.18 Å². The Kier molecular flexibility index (Phi) is 9.94. The standard InChI is InChI=1S/C30H37FO6Si/c1-30(2,3)38(4,5)36-16-15-34-25-17-23(18-26(20-25)37-24-9-7-6-8-10-24)21-35-28-13-11-22(19-27(28)31)12-14-29(32)33/h6-11,13,17-20H,12,14-16,21H2,1-5H3,(H,32,33). The summed E-state index contributed by atoms with van der Waals surface area (Å²) in [6, 6.07) is 19.4. The summed E-state index contributed by atoms with van der Waals surface area (Å²) < 4.78 is 38.6. The Morgan fingerprint density at radius 1 is 0.868 bits per heavy atom. The van der Waals surface area contributed by atoms with E-state index in [0.29, 0.717) is 36.0 Å². The lowest BCUT2D eigenvalue weighted by Gasteiger charge is -2.36. The van der Waals surface area contributed by atoms with Crippen LogP contribution in [0.3, 0.4) is 0 Å². The number of carbonyl (C=O) groups is 1. The molecule has 0 aliphatic rings. The summed E-state index contributed by atoms with van der Waals surface area (Å²) in [6.07, 6.45) is 0.197. The van der Waals surface area contributed by atoms with Gasteiger partial charge in [0.2, 0.25) is 0 Å². The summed E-state index contributed by atoms with van der Waals surface area (Å²) in [4.78, 5) is 10.8. The maximum absolute atomic E-state index is 14.6. The molecule has 0 fully saturated rings. The van der Waals surface area contributed by atoms with Crippen molar-refractivity contribution >= 4 is 14.3 Å². The second-order valence-corrected chi connectivity index (χ2v) is 15.4. The van der Waals surface area contributed by atoms with Gasteiger partial charge in [0, 0.05) is 12.5 Å². The average Bonchev–Trinajstić information content (AvgIpc) is 2.84. The average molecular weight is 541 g/mol. The quantitative estimate of drug-likeness (QED) is 0.178. The predicted molar refractivity (Wildman–Crippen MR) is 148 cm³/mol. The number of benzene rings is 3. The predicted octanol–water partition coefficient (Wildman–Crippen LogP) is 7.61. The molecule has 0 bridgehead atoms. The van der Waals surface area contributed by atoms with Crippen LogP contribution in [0.1, 0.15) is 38.3 Å². The Balaban J connectivity index is 1.70. The van der Waals surface area contributed by atoms with Crippen LogP contribution in [-0.2, 0) is 22.2 Å². The Hall–Kier alpha value is -3.36. The van der Waals surface area contributed by atoms with Gasteiger partial charge in [0.1, 0.15) is 30.5 Å². The van der Waals surface area contributed by atoms with E-state index < -0.39 is 20.1 Å². The number of aryl methyl sites for hydroxylation is 1. The summed E-state index contributed by atoms with van der Waals surface area (Å²) in [5.41, 5.74) is 1.35. The molecule has 0 saturated heterocycles. The number of hydrogen-bond donors (Lipinski definition) is 1. The molecule has 0 aromatic heterocycles. The van der Waals surface area contributed by atoms with E-state index in [2.05, 4.69) is 33.9 Å². The van der Waals surface area contributed by atoms with Gasteiger partial charge >= 0.3 is 5.97 Å². The maximum Gasteiger partial charge on any atom is 0.303 e. The first kappa shape index (κ1) is 29.2. The molecule has 0 aliphatic heterocycles. The number of hydrogen-bond acceptors (Lipinski definition) is 5. The van der Waals surface area contributed by atoms with Crippen molar-refractivity contribution in [3.8, 4) is 23.0 Å². The summed E-state index contributed by atoms with van der Waals surface area (Å²) in [7, 11) is -1.88. The van der Waals surface area contributed by atoms with E-state index in [0.717, 1.165) is 5.56 Å². The summed E-state index contributed by atoms with van der Waals surface area (Å²) >= 11 is 0. The van der Waals surface area contributed by atoms with Gasteiger partial charge in [0.25, 0.3) is 0 Å². The molecule has 0 atom stereocenters. The van der Waals surface area contributed by atoms with Crippen molar-refractivity contribution in [1.82, 2.24) is 0 Å². The van der Waals surface area contributed by atoms with Crippen LogP contribution >= 0.6 is 0 Å². The number of ether oxygens (including phenoxy) is 3. The second kappa shape index (κ2) is 12.9. The Morgan fingerprint density at radius 3 is 2.24 bits per heavy atom. The first-order valence-electron chi connectivity index (χ1n) is 12.7. The molecule has 6 nitrogen and oxygen atoms in total. The number of rotatable bonds is 13. The number of halogens is 1. The highest BCUT2D eigenvalue weighted by molar-refractivity contribution is 6.74. The van der Waals surface area contributed by atoms with Gasteiger partial charge in [-0.3, -0.25) is 4.79 Å². The van der Waals surface area contributed by atoms with E-state index in [-0.39, 0.29) is 30.2 Å². The molecule has 0 heterocycles. The largest absolute Gasteiger partial charge is 0.491 e. The lowest BCUT2D eigenvalue weighted by atomic mass is 10.1. The fourth-order valence-electron chi connectivity index (χ4n) is 3.38. The van der Waals surface area contributed by atoms with Gasteiger partial charge in [-0.25, -0.2) is 4.39 Å². The van der Waals surface area contributed by atoms with E-state index in [1.807, 2.05) is 42.5 Å². The molecule has 0 aliphatic carbocycles. The minimum absolute atomic E-state index is 0.0580. The van der Waals surface area contributed by atoms with Crippen molar-refractivity contribution in [1.29, 1.82) is 0 Å². The Bertz CT molecular complexity index is 1210. The monoisotopic (exact) mass is 540 g/mol. The number of aliphatic carboxylic acids is 1. The molecule has 0 unspecified atom stereocenters. The second-order valence-electron chi connectivity index (χ2n) is 10.6. The first-order valence-corrected chi connectivity index (χ1v) is 15.6. The molecule has 0 amide bonds. The molecule has 3 aromatic rings. The number of para-hydroxylation sites is 1. The molecule has 38 heavy (non-hydrogen) atoms. The van der Waals surface area contributed by atoms with Crippen LogP contribution in [0.4, 0.5) is 4.39 Å². The fourth-order valence-corrected chi connectivity index (χ4v) is 4.41. The van der Waals surface area contributed by atoms with Gasteiger partial charge in [-0.05, 0) is 72.1 Å². The third-order valence-electron chi connectivity index (χ3n) is 6.56. The highest BCUT2D eigenvalue weighted by atomic mass is 28.4. The highest BCUT2D eigenvalue weighted by Gasteiger charge is 2.36. The van der Waals surface area contributed by atoms with Gasteiger partial charge < -0.3 is 23.7 Å². The summed E-state index contributed by atoms with van der Waals surface area (Å²) in [6.45, 7) is 12.0. The summed E-state index contributed by atoms with van der Waals surface area (Å²) in [5, 5.41) is 8.95. The van der Waals surface area contributed by atoms with Crippen LogP contribution in [0.5, 0.6) is 23.0 Å². The smallest absolute Gasteiger partial charge is 0.303 e. The first-order chi connectivity index (χ1) is 17.9. The minimum Gasteiger partial charge on any atom is -0.491 e. The zero-order valence-electron chi connectivity index (χ0n) is 22.8. The molecular formula is C30H37FO6Si. The van der Waals surface area contributed by atoms with Crippen molar-refractivity contribution in [3.63, 3.8) is 0 Å². The van der Waals surface area contributed by atoms with Gasteiger partial charge in [-0.1, -0.05) is 45.0 Å². The number of carboxylic acid groups (broad SMARTS) is 1. The third kappa shape index (κ3) is 8.88. The van der Waals surface area contributed by atoms with E-state index in [1.54, 1.807) is 12.1 Å². The molecule has 3 rings (SSSR count). The Labute approximate surface area is 225 Å². The third-order valence-corrected chi connectivity index (χ3v) is 11.1. The van der Waals surface area contributed by atoms with Crippen LogP contribution in [0, 0.1) is 5.82 Å². The molecule has 0 radical (unpaired) electrons. The summed E-state index contributed by atoms with van der Waals surface area (Å²) in [5.74, 6) is 0.476. The van der Waals surface area contributed by atoms with Gasteiger partial charge in [-0.15, -0.1) is 0 Å². The van der Waals surface area contributed by atoms with Crippen molar-refractivity contribution in [2.75, 3.05) is 13.2 Å². The fraction of sp³-hybridized carbons (Fsp3) is 0.367. The normalized spacial score (nSPS) is 11.7.